The van der Waals surface area contributed by atoms with Crippen molar-refractivity contribution in [1.29, 1.82) is 0 Å². The number of nitrogens with one attached hydrogen (secondary N) is 1. The van der Waals surface area contributed by atoms with Crippen molar-refractivity contribution in [1.82, 2.24) is 9.97 Å². The Morgan fingerprint density at radius 1 is 1.22 bits per heavy atom. The molecule has 1 N–H and O–H groups in total. The van der Waals surface area contributed by atoms with Crippen molar-refractivity contribution in [2.24, 2.45) is 10.8 Å². The topological polar surface area (TPSA) is 28.7 Å². The van der Waals surface area contributed by atoms with Crippen molar-refractivity contribution < 1.29 is 4.39 Å². The molecule has 18 heavy (non-hydrogen) atoms. The molecule has 4 heteroatoms. The van der Waals surface area contributed by atoms with E-state index in [9.17, 15) is 4.39 Å². The van der Waals surface area contributed by atoms with Crippen LogP contribution in [-0.4, -0.2) is 9.97 Å². The molecular weight excluding hydrogens is 295 g/mol. The lowest BCUT2D eigenvalue weighted by atomic mass is 10.0. The number of aromatic amines is 1. The molecule has 0 saturated heterocycles. The first-order valence-electron chi connectivity index (χ1n) is 6.10. The zero-order chi connectivity index (χ0) is 13.3. The molecule has 0 unspecified atom stereocenters. The number of fused-ring (bicyclic) bond motifs is 1. The number of benzene rings is 1. The smallest absolute Gasteiger partial charge is 0.139 e. The zero-order valence-electron chi connectivity index (χ0n) is 10.9. The van der Waals surface area contributed by atoms with Gasteiger partial charge in [0.1, 0.15) is 11.6 Å². The Morgan fingerprint density at radius 2 is 1.83 bits per heavy atom. The lowest BCUT2D eigenvalue weighted by Gasteiger charge is -2.03. The van der Waals surface area contributed by atoms with Gasteiger partial charge in [0.05, 0.1) is 15.5 Å². The normalized spacial score (nSPS) is 21.4. The highest BCUT2D eigenvalue weighted by Crippen LogP contribution is 2.73. The molecule has 0 aliphatic heterocycles. The number of aromatic nitrogens is 2. The summed E-state index contributed by atoms with van der Waals surface area (Å²) in [4.78, 5) is 7.88. The van der Waals surface area contributed by atoms with Gasteiger partial charge in [-0.1, -0.05) is 27.7 Å². The lowest BCUT2D eigenvalue weighted by molar-refractivity contribution is 0.457. The molecule has 1 aromatic carbocycles. The van der Waals surface area contributed by atoms with E-state index in [0.29, 0.717) is 10.4 Å². The maximum absolute atomic E-state index is 13.5. The molecule has 1 fully saturated rings. The van der Waals surface area contributed by atoms with Gasteiger partial charge in [-0.25, -0.2) is 9.37 Å². The number of halogens is 2. The second kappa shape index (κ2) is 3.35. The maximum Gasteiger partial charge on any atom is 0.139 e. The summed E-state index contributed by atoms with van der Waals surface area (Å²) in [6.45, 7) is 9.01. The number of imidazole rings is 1. The molecule has 0 radical (unpaired) electrons. The molecule has 1 aliphatic rings. The predicted molar refractivity (Wildman–Crippen MR) is 74.1 cm³/mol. The average molecular weight is 311 g/mol. The SMILES string of the molecule is CC1(C)C(c2nc3cc(Br)c(F)cc3[nH]2)C1(C)C. The highest BCUT2D eigenvalue weighted by Gasteiger charge is 2.66. The van der Waals surface area contributed by atoms with E-state index in [0.717, 1.165) is 16.9 Å². The molecule has 0 spiro atoms. The average Bonchev–Trinajstić information content (AvgIpc) is 2.56. The van der Waals surface area contributed by atoms with Crippen molar-refractivity contribution in [3.05, 3.63) is 28.2 Å². The van der Waals surface area contributed by atoms with E-state index in [1.807, 2.05) is 0 Å². The third-order valence-corrected chi connectivity index (χ3v) is 5.44. The Balaban J connectivity index is 2.11. The molecule has 3 rings (SSSR count). The third kappa shape index (κ3) is 1.41. The number of hydrogen-bond acceptors (Lipinski definition) is 1. The van der Waals surface area contributed by atoms with Crippen LogP contribution in [0.4, 0.5) is 4.39 Å². The van der Waals surface area contributed by atoms with Gasteiger partial charge in [-0.05, 0) is 32.8 Å². The standard InChI is InChI=1S/C14H16BrFN2/c1-13(2)11(14(13,3)4)12-17-9-5-7(15)8(16)6-10(9)18-12/h5-6,11H,1-4H3,(H,17,18). The molecule has 1 heterocycles. The Labute approximate surface area is 114 Å². The quantitative estimate of drug-likeness (QED) is 0.818. The van der Waals surface area contributed by atoms with Crippen LogP contribution in [0.1, 0.15) is 39.4 Å². The zero-order valence-corrected chi connectivity index (χ0v) is 12.5. The van der Waals surface area contributed by atoms with Gasteiger partial charge in [0.2, 0.25) is 0 Å². The second-order valence-corrected chi connectivity index (χ2v) is 7.14. The van der Waals surface area contributed by atoms with Gasteiger partial charge in [0.25, 0.3) is 0 Å². The summed E-state index contributed by atoms with van der Waals surface area (Å²) in [5, 5.41) is 0. The fourth-order valence-electron chi connectivity index (χ4n) is 3.04. The minimum absolute atomic E-state index is 0.233. The predicted octanol–water partition coefficient (Wildman–Crippen LogP) is 4.61. The van der Waals surface area contributed by atoms with Crippen molar-refractivity contribution >= 4 is 27.0 Å². The first-order chi connectivity index (χ1) is 8.25. The molecule has 2 aromatic rings. The Kier molecular flexibility index (Phi) is 2.26. The number of H-pyrrole nitrogens is 1. The van der Waals surface area contributed by atoms with Gasteiger partial charge in [0.15, 0.2) is 0 Å². The Hall–Kier alpha value is -0.900. The molecule has 0 atom stereocenters. The second-order valence-electron chi connectivity index (χ2n) is 6.28. The summed E-state index contributed by atoms with van der Waals surface area (Å²) in [7, 11) is 0. The van der Waals surface area contributed by atoms with E-state index in [2.05, 4.69) is 53.6 Å². The minimum atomic E-state index is -0.257. The Morgan fingerprint density at radius 3 is 2.39 bits per heavy atom. The molecule has 0 amide bonds. The van der Waals surface area contributed by atoms with E-state index >= 15 is 0 Å². The first kappa shape index (κ1) is 12.2. The van der Waals surface area contributed by atoms with Crippen molar-refractivity contribution in [2.45, 2.75) is 33.6 Å². The summed E-state index contributed by atoms with van der Waals surface area (Å²) >= 11 is 3.19. The van der Waals surface area contributed by atoms with Gasteiger partial charge < -0.3 is 4.98 Å². The summed E-state index contributed by atoms with van der Waals surface area (Å²) in [6.07, 6.45) is 0. The summed E-state index contributed by atoms with van der Waals surface area (Å²) in [6, 6.07) is 3.23. The van der Waals surface area contributed by atoms with Gasteiger partial charge in [-0.3, -0.25) is 0 Å². The molecule has 1 aliphatic carbocycles. The van der Waals surface area contributed by atoms with E-state index in [1.54, 1.807) is 6.07 Å². The molecule has 1 saturated carbocycles. The minimum Gasteiger partial charge on any atom is -0.342 e. The van der Waals surface area contributed by atoms with Crippen LogP contribution in [0.25, 0.3) is 11.0 Å². The van der Waals surface area contributed by atoms with Crippen LogP contribution < -0.4 is 0 Å². The van der Waals surface area contributed by atoms with Crippen molar-refractivity contribution in [3.63, 3.8) is 0 Å². The fraction of sp³-hybridized carbons (Fsp3) is 0.500. The van der Waals surface area contributed by atoms with E-state index in [4.69, 9.17) is 0 Å². The van der Waals surface area contributed by atoms with Crippen LogP contribution in [0, 0.1) is 16.6 Å². The summed E-state index contributed by atoms with van der Waals surface area (Å²) in [5.74, 6) is 1.11. The number of hydrogen-bond donors (Lipinski definition) is 1. The highest BCUT2D eigenvalue weighted by molar-refractivity contribution is 9.10. The monoisotopic (exact) mass is 310 g/mol. The van der Waals surface area contributed by atoms with E-state index in [1.165, 1.54) is 6.07 Å². The van der Waals surface area contributed by atoms with Gasteiger partial charge >= 0.3 is 0 Å². The largest absolute Gasteiger partial charge is 0.342 e. The summed E-state index contributed by atoms with van der Waals surface area (Å²) in [5.41, 5.74) is 2.05. The van der Waals surface area contributed by atoms with Crippen LogP contribution in [0.5, 0.6) is 0 Å². The number of nitrogens with zero attached hydrogens (tertiary/aromatic N) is 1. The van der Waals surface area contributed by atoms with Crippen LogP contribution in [0.15, 0.2) is 16.6 Å². The summed E-state index contributed by atoms with van der Waals surface area (Å²) < 4.78 is 13.9. The van der Waals surface area contributed by atoms with Crippen LogP contribution in [0.2, 0.25) is 0 Å². The van der Waals surface area contributed by atoms with Crippen molar-refractivity contribution in [3.8, 4) is 0 Å². The maximum atomic E-state index is 13.5. The van der Waals surface area contributed by atoms with Crippen molar-refractivity contribution in [2.75, 3.05) is 0 Å². The van der Waals surface area contributed by atoms with Gasteiger partial charge in [0, 0.05) is 12.0 Å². The fourth-order valence-corrected chi connectivity index (χ4v) is 3.37. The lowest BCUT2D eigenvalue weighted by Crippen LogP contribution is -1.95. The van der Waals surface area contributed by atoms with Gasteiger partial charge in [-0.15, -0.1) is 0 Å². The molecule has 1 aromatic heterocycles. The van der Waals surface area contributed by atoms with Crippen LogP contribution >= 0.6 is 15.9 Å². The first-order valence-corrected chi connectivity index (χ1v) is 6.89. The molecule has 96 valence electrons. The Bertz CT molecular complexity index is 590. The number of rotatable bonds is 1. The molecule has 0 bridgehead atoms. The third-order valence-electron chi connectivity index (χ3n) is 4.84. The highest BCUT2D eigenvalue weighted by atomic mass is 79.9. The molecule has 2 nitrogen and oxygen atoms in total. The van der Waals surface area contributed by atoms with E-state index in [-0.39, 0.29) is 16.6 Å². The van der Waals surface area contributed by atoms with E-state index < -0.39 is 0 Å². The van der Waals surface area contributed by atoms with Gasteiger partial charge in [-0.2, -0.15) is 0 Å². The van der Waals surface area contributed by atoms with Crippen LogP contribution in [0.3, 0.4) is 0 Å². The van der Waals surface area contributed by atoms with Crippen LogP contribution in [-0.2, 0) is 0 Å². The molecular formula is C14H16BrFN2.